The van der Waals surface area contributed by atoms with Gasteiger partial charge in [-0.1, -0.05) is 52.2 Å². The Labute approximate surface area is 138 Å². The van der Waals surface area contributed by atoms with Crippen LogP contribution in [-0.4, -0.2) is 5.11 Å². The van der Waals surface area contributed by atoms with E-state index in [1.165, 1.54) is 67.2 Å². The van der Waals surface area contributed by atoms with Crippen molar-refractivity contribution in [2.75, 3.05) is 0 Å². The Kier molecular flexibility index (Phi) is 8.17. The number of rotatable bonds is 10. The molecule has 1 rings (SSSR count). The van der Waals surface area contributed by atoms with Gasteiger partial charge in [0.2, 0.25) is 0 Å². The smallest absolute Gasteiger partial charge is 0.0845 e. The van der Waals surface area contributed by atoms with Gasteiger partial charge in [-0.15, -0.1) is 0 Å². The zero-order valence-corrected chi connectivity index (χ0v) is 15.5. The maximum atomic E-state index is 10.7. The predicted molar refractivity (Wildman–Crippen MR) is 97.5 cm³/mol. The minimum Gasteiger partial charge on any atom is -0.386 e. The summed E-state index contributed by atoms with van der Waals surface area (Å²) in [6.45, 7) is 10.6. The van der Waals surface area contributed by atoms with Crippen LogP contribution in [0.3, 0.4) is 0 Å². The Balaban J connectivity index is 3.26. The lowest BCUT2D eigenvalue weighted by Crippen LogP contribution is -2.21. The zero-order chi connectivity index (χ0) is 16.6. The van der Waals surface area contributed by atoms with E-state index in [9.17, 15) is 5.11 Å². The molecule has 0 aromatic heterocycles. The Hall–Kier alpha value is -0.820. The van der Waals surface area contributed by atoms with Crippen molar-refractivity contribution in [1.29, 1.82) is 0 Å². The van der Waals surface area contributed by atoms with Crippen molar-refractivity contribution in [1.82, 2.24) is 0 Å². The lowest BCUT2D eigenvalue weighted by molar-refractivity contribution is 0.0765. The molecule has 0 aliphatic rings. The van der Waals surface area contributed by atoms with Crippen molar-refractivity contribution >= 4 is 0 Å². The summed E-state index contributed by atoms with van der Waals surface area (Å²) in [6.07, 6.45) is 10.7. The third-order valence-corrected chi connectivity index (χ3v) is 4.39. The first kappa shape index (κ1) is 19.2. The predicted octanol–water partition coefficient (Wildman–Crippen LogP) is 5.94. The molecule has 1 aromatic carbocycles. The van der Waals surface area contributed by atoms with Gasteiger partial charge in [0.05, 0.1) is 5.60 Å². The van der Waals surface area contributed by atoms with E-state index in [0.717, 1.165) is 12.8 Å². The SMILES string of the molecule is CCCCc1cc(CCCC)c(C(C)(C)O)c(CCCC)c1. The molecule has 0 atom stereocenters. The third kappa shape index (κ3) is 5.76. The lowest BCUT2D eigenvalue weighted by atomic mass is 9.83. The summed E-state index contributed by atoms with van der Waals surface area (Å²) in [7, 11) is 0. The van der Waals surface area contributed by atoms with Crippen LogP contribution in [-0.2, 0) is 24.9 Å². The molecule has 0 spiro atoms. The summed E-state index contributed by atoms with van der Waals surface area (Å²) in [6, 6.07) is 4.74. The van der Waals surface area contributed by atoms with Crippen molar-refractivity contribution in [2.45, 2.75) is 98.0 Å². The van der Waals surface area contributed by atoms with Crippen LogP contribution in [0.1, 0.15) is 95.4 Å². The van der Waals surface area contributed by atoms with Gasteiger partial charge in [-0.05, 0) is 74.6 Å². The molecular formula is C21H36O. The summed E-state index contributed by atoms with van der Waals surface area (Å²) < 4.78 is 0. The van der Waals surface area contributed by atoms with Gasteiger partial charge in [0, 0.05) is 0 Å². The second-order valence-electron chi connectivity index (χ2n) is 7.16. The van der Waals surface area contributed by atoms with Crippen molar-refractivity contribution in [3.05, 3.63) is 34.4 Å². The van der Waals surface area contributed by atoms with E-state index in [4.69, 9.17) is 0 Å². The molecule has 0 radical (unpaired) electrons. The number of unbranched alkanes of at least 4 members (excludes halogenated alkanes) is 3. The number of aryl methyl sites for hydroxylation is 3. The fraction of sp³-hybridized carbons (Fsp3) is 0.714. The molecule has 0 saturated carbocycles. The van der Waals surface area contributed by atoms with Gasteiger partial charge in [-0.3, -0.25) is 0 Å². The zero-order valence-electron chi connectivity index (χ0n) is 15.5. The van der Waals surface area contributed by atoms with Gasteiger partial charge in [0.25, 0.3) is 0 Å². The number of hydrogen-bond acceptors (Lipinski definition) is 1. The molecule has 1 heteroatoms. The lowest BCUT2D eigenvalue weighted by Gasteiger charge is -2.27. The summed E-state index contributed by atoms with van der Waals surface area (Å²) in [5.41, 5.74) is 4.69. The minimum absolute atomic E-state index is 0.741. The van der Waals surface area contributed by atoms with E-state index < -0.39 is 5.60 Å². The van der Waals surface area contributed by atoms with Crippen molar-refractivity contribution in [3.63, 3.8) is 0 Å². The van der Waals surface area contributed by atoms with E-state index in [-0.39, 0.29) is 0 Å². The summed E-state index contributed by atoms with van der Waals surface area (Å²) >= 11 is 0. The van der Waals surface area contributed by atoms with E-state index in [1.807, 2.05) is 13.8 Å². The molecule has 22 heavy (non-hydrogen) atoms. The van der Waals surface area contributed by atoms with Gasteiger partial charge in [-0.2, -0.15) is 0 Å². The second-order valence-corrected chi connectivity index (χ2v) is 7.16. The van der Waals surface area contributed by atoms with Crippen LogP contribution in [0.25, 0.3) is 0 Å². The van der Waals surface area contributed by atoms with Gasteiger partial charge in [0.15, 0.2) is 0 Å². The molecular weight excluding hydrogens is 268 g/mol. The average Bonchev–Trinajstić information content (AvgIpc) is 2.47. The van der Waals surface area contributed by atoms with Crippen LogP contribution in [0.4, 0.5) is 0 Å². The third-order valence-electron chi connectivity index (χ3n) is 4.39. The highest BCUT2D eigenvalue weighted by molar-refractivity contribution is 5.43. The highest BCUT2D eigenvalue weighted by atomic mass is 16.3. The fourth-order valence-corrected chi connectivity index (χ4v) is 3.28. The quantitative estimate of drug-likeness (QED) is 0.567. The van der Waals surface area contributed by atoms with E-state index >= 15 is 0 Å². The maximum Gasteiger partial charge on any atom is 0.0845 e. The van der Waals surface area contributed by atoms with Gasteiger partial charge in [-0.25, -0.2) is 0 Å². The Morgan fingerprint density at radius 1 is 0.773 bits per heavy atom. The van der Waals surface area contributed by atoms with Crippen LogP contribution < -0.4 is 0 Å². The Bertz CT molecular complexity index is 411. The van der Waals surface area contributed by atoms with Crippen molar-refractivity contribution in [3.8, 4) is 0 Å². The number of benzene rings is 1. The minimum atomic E-state index is -0.741. The summed E-state index contributed by atoms with van der Waals surface area (Å²) in [5, 5.41) is 10.7. The molecule has 1 aromatic rings. The highest BCUT2D eigenvalue weighted by Gasteiger charge is 2.24. The summed E-state index contributed by atoms with van der Waals surface area (Å²) in [4.78, 5) is 0. The molecule has 0 saturated heterocycles. The monoisotopic (exact) mass is 304 g/mol. The number of hydrogen-bond donors (Lipinski definition) is 1. The largest absolute Gasteiger partial charge is 0.386 e. The Morgan fingerprint density at radius 2 is 1.18 bits per heavy atom. The van der Waals surface area contributed by atoms with Crippen molar-refractivity contribution < 1.29 is 5.11 Å². The van der Waals surface area contributed by atoms with Crippen LogP contribution >= 0.6 is 0 Å². The van der Waals surface area contributed by atoms with Crippen LogP contribution in [0.15, 0.2) is 12.1 Å². The Morgan fingerprint density at radius 3 is 1.55 bits per heavy atom. The molecule has 1 nitrogen and oxygen atoms in total. The van der Waals surface area contributed by atoms with Crippen LogP contribution in [0.5, 0.6) is 0 Å². The van der Waals surface area contributed by atoms with Crippen molar-refractivity contribution in [2.24, 2.45) is 0 Å². The van der Waals surface area contributed by atoms with E-state index in [1.54, 1.807) is 0 Å². The standard InChI is InChI=1S/C21H36O/c1-6-9-12-17-15-18(13-10-7-2)20(21(4,5)22)19(16-17)14-11-8-3/h15-16,22H,6-14H2,1-5H3. The summed E-state index contributed by atoms with van der Waals surface area (Å²) in [5.74, 6) is 0. The molecule has 0 bridgehead atoms. The highest BCUT2D eigenvalue weighted by Crippen LogP contribution is 2.31. The fourth-order valence-electron chi connectivity index (χ4n) is 3.28. The van der Waals surface area contributed by atoms with Crippen LogP contribution in [0, 0.1) is 0 Å². The first-order valence-corrected chi connectivity index (χ1v) is 9.31. The molecule has 1 N–H and O–H groups in total. The molecule has 0 unspecified atom stereocenters. The molecule has 0 fully saturated rings. The van der Waals surface area contributed by atoms with Gasteiger partial charge < -0.3 is 5.11 Å². The van der Waals surface area contributed by atoms with Crippen LogP contribution in [0.2, 0.25) is 0 Å². The van der Waals surface area contributed by atoms with E-state index in [2.05, 4.69) is 32.9 Å². The molecule has 0 heterocycles. The average molecular weight is 305 g/mol. The first-order valence-electron chi connectivity index (χ1n) is 9.31. The van der Waals surface area contributed by atoms with E-state index in [0.29, 0.717) is 0 Å². The first-order chi connectivity index (χ1) is 10.4. The molecule has 0 aliphatic heterocycles. The topological polar surface area (TPSA) is 20.2 Å². The number of aliphatic hydroxyl groups is 1. The molecule has 126 valence electrons. The van der Waals surface area contributed by atoms with Gasteiger partial charge >= 0.3 is 0 Å². The normalized spacial score (nSPS) is 11.9. The maximum absolute atomic E-state index is 10.7. The molecule has 0 aliphatic carbocycles. The molecule has 0 amide bonds. The second kappa shape index (κ2) is 9.35. The van der Waals surface area contributed by atoms with Gasteiger partial charge in [0.1, 0.15) is 0 Å².